The van der Waals surface area contributed by atoms with Crippen molar-refractivity contribution in [2.24, 2.45) is 0 Å². The number of aliphatic hydroxyl groups is 1. The van der Waals surface area contributed by atoms with Gasteiger partial charge in [-0.25, -0.2) is 0 Å². The molecule has 0 unspecified atom stereocenters. The van der Waals surface area contributed by atoms with E-state index >= 15 is 0 Å². The van der Waals surface area contributed by atoms with Crippen LogP contribution in [-0.4, -0.2) is 74.1 Å². The van der Waals surface area contributed by atoms with Crippen molar-refractivity contribution in [3.8, 4) is 0 Å². The zero-order valence-corrected chi connectivity index (χ0v) is 11.4. The van der Waals surface area contributed by atoms with Crippen LogP contribution in [0.4, 0.5) is 0 Å². The van der Waals surface area contributed by atoms with E-state index in [-0.39, 0.29) is 24.7 Å². The molecule has 1 aliphatic heterocycles. The lowest BCUT2D eigenvalue weighted by atomic mass is 10.1. The number of aliphatic hydroxyl groups excluding tert-OH is 1. The number of methoxy groups -OCH3 is 1. The molecule has 6 heteroatoms. The Kier molecular flexibility index (Phi) is 6.56. The fourth-order valence-electron chi connectivity index (χ4n) is 2.09. The Bertz CT molecular complexity index is 258. The predicted octanol–water partition coefficient (Wildman–Crippen LogP) is -0.781. The van der Waals surface area contributed by atoms with Gasteiger partial charge in [-0.1, -0.05) is 13.8 Å². The first-order valence-electron chi connectivity index (χ1n) is 6.42. The minimum Gasteiger partial charge on any atom is -0.388 e. The highest BCUT2D eigenvalue weighted by atomic mass is 16.5. The average molecular weight is 260 g/mol. The third-order valence-corrected chi connectivity index (χ3v) is 3.24. The largest absolute Gasteiger partial charge is 0.388 e. The van der Waals surface area contributed by atoms with Crippen molar-refractivity contribution >= 4 is 5.91 Å². The Morgan fingerprint density at radius 2 is 2.17 bits per heavy atom. The van der Waals surface area contributed by atoms with Crippen LogP contribution in [0.1, 0.15) is 13.8 Å². The SMILES string of the molecule is CCN(CC)C[C@@H]1OC[C@H](NC(=O)COC)[C@H]1O. The van der Waals surface area contributed by atoms with Crippen molar-refractivity contribution in [2.75, 3.05) is 40.0 Å². The highest BCUT2D eigenvalue weighted by Crippen LogP contribution is 2.15. The van der Waals surface area contributed by atoms with E-state index in [4.69, 9.17) is 9.47 Å². The third-order valence-electron chi connectivity index (χ3n) is 3.24. The van der Waals surface area contributed by atoms with Gasteiger partial charge in [-0.15, -0.1) is 0 Å². The Hall–Kier alpha value is -0.690. The smallest absolute Gasteiger partial charge is 0.246 e. The van der Waals surface area contributed by atoms with Crippen LogP contribution in [0.2, 0.25) is 0 Å². The molecule has 0 aliphatic carbocycles. The van der Waals surface area contributed by atoms with Crippen LogP contribution >= 0.6 is 0 Å². The molecule has 1 rings (SSSR count). The number of likely N-dealkylation sites (N-methyl/N-ethyl adjacent to an activating group) is 1. The van der Waals surface area contributed by atoms with E-state index in [0.29, 0.717) is 13.2 Å². The lowest BCUT2D eigenvalue weighted by molar-refractivity contribution is -0.126. The van der Waals surface area contributed by atoms with Crippen LogP contribution < -0.4 is 5.32 Å². The molecule has 1 amide bonds. The van der Waals surface area contributed by atoms with E-state index < -0.39 is 6.10 Å². The number of amides is 1. The summed E-state index contributed by atoms with van der Waals surface area (Å²) in [4.78, 5) is 13.6. The lowest BCUT2D eigenvalue weighted by Crippen LogP contribution is -2.47. The van der Waals surface area contributed by atoms with E-state index in [1.54, 1.807) is 0 Å². The van der Waals surface area contributed by atoms with Gasteiger partial charge in [-0.05, 0) is 13.1 Å². The minimum atomic E-state index is -0.661. The molecule has 0 saturated carbocycles. The summed E-state index contributed by atoms with van der Waals surface area (Å²) in [5.74, 6) is -0.228. The van der Waals surface area contributed by atoms with Crippen LogP contribution in [-0.2, 0) is 14.3 Å². The topological polar surface area (TPSA) is 71.0 Å². The molecular formula is C12H24N2O4. The van der Waals surface area contributed by atoms with Crippen molar-refractivity contribution in [3.63, 3.8) is 0 Å². The van der Waals surface area contributed by atoms with Gasteiger partial charge >= 0.3 is 0 Å². The molecular weight excluding hydrogens is 236 g/mol. The van der Waals surface area contributed by atoms with E-state index in [2.05, 4.69) is 24.1 Å². The van der Waals surface area contributed by atoms with Crippen LogP contribution in [0.25, 0.3) is 0 Å². The first-order chi connectivity index (χ1) is 8.62. The van der Waals surface area contributed by atoms with Crippen LogP contribution in [0.3, 0.4) is 0 Å². The molecule has 1 fully saturated rings. The fraction of sp³-hybridized carbons (Fsp3) is 0.917. The van der Waals surface area contributed by atoms with Gasteiger partial charge in [0.2, 0.25) is 5.91 Å². The van der Waals surface area contributed by atoms with Crippen molar-refractivity contribution < 1.29 is 19.4 Å². The number of hydrogen-bond donors (Lipinski definition) is 2. The summed E-state index contributed by atoms with van der Waals surface area (Å²) in [7, 11) is 1.46. The zero-order valence-electron chi connectivity index (χ0n) is 11.4. The second kappa shape index (κ2) is 7.68. The molecule has 106 valence electrons. The second-order valence-corrected chi connectivity index (χ2v) is 4.46. The summed E-state index contributed by atoms with van der Waals surface area (Å²) >= 11 is 0. The predicted molar refractivity (Wildman–Crippen MR) is 67.3 cm³/mol. The molecule has 18 heavy (non-hydrogen) atoms. The zero-order chi connectivity index (χ0) is 13.5. The normalized spacial score (nSPS) is 27.7. The number of nitrogens with zero attached hydrogens (tertiary/aromatic N) is 1. The van der Waals surface area contributed by atoms with Gasteiger partial charge in [-0.3, -0.25) is 4.79 Å². The number of carbonyl (C=O) groups excluding carboxylic acids is 1. The lowest BCUT2D eigenvalue weighted by Gasteiger charge is -2.24. The second-order valence-electron chi connectivity index (χ2n) is 4.46. The van der Waals surface area contributed by atoms with Gasteiger partial charge in [-0.2, -0.15) is 0 Å². The van der Waals surface area contributed by atoms with Gasteiger partial charge in [0.05, 0.1) is 18.8 Å². The van der Waals surface area contributed by atoms with Gasteiger partial charge in [0.15, 0.2) is 0 Å². The molecule has 3 atom stereocenters. The first-order valence-corrected chi connectivity index (χ1v) is 6.42. The molecule has 0 aromatic heterocycles. The molecule has 0 aromatic rings. The highest BCUT2D eigenvalue weighted by molar-refractivity contribution is 5.77. The number of nitrogens with one attached hydrogen (secondary N) is 1. The Balaban J connectivity index is 2.41. The molecule has 1 saturated heterocycles. The van der Waals surface area contributed by atoms with Gasteiger partial charge in [0.1, 0.15) is 12.7 Å². The fourth-order valence-corrected chi connectivity index (χ4v) is 2.09. The first kappa shape index (κ1) is 15.4. The molecule has 0 aromatic carbocycles. The van der Waals surface area contributed by atoms with Crippen LogP contribution in [0.15, 0.2) is 0 Å². The van der Waals surface area contributed by atoms with Crippen molar-refractivity contribution in [1.82, 2.24) is 10.2 Å². The molecule has 0 spiro atoms. The Morgan fingerprint density at radius 1 is 1.50 bits per heavy atom. The van der Waals surface area contributed by atoms with E-state index in [1.165, 1.54) is 7.11 Å². The summed E-state index contributed by atoms with van der Waals surface area (Å²) in [6, 6.07) is -0.340. The Morgan fingerprint density at radius 3 is 2.72 bits per heavy atom. The van der Waals surface area contributed by atoms with E-state index in [1.807, 2.05) is 0 Å². The number of ether oxygens (including phenoxy) is 2. The highest BCUT2D eigenvalue weighted by Gasteiger charge is 2.37. The van der Waals surface area contributed by atoms with Crippen molar-refractivity contribution in [3.05, 3.63) is 0 Å². The maximum atomic E-state index is 11.4. The monoisotopic (exact) mass is 260 g/mol. The molecule has 1 aliphatic rings. The van der Waals surface area contributed by atoms with Gasteiger partial charge in [0.25, 0.3) is 0 Å². The van der Waals surface area contributed by atoms with Crippen LogP contribution in [0.5, 0.6) is 0 Å². The summed E-state index contributed by atoms with van der Waals surface area (Å²) in [6.07, 6.45) is -0.899. The summed E-state index contributed by atoms with van der Waals surface area (Å²) in [5.41, 5.74) is 0. The average Bonchev–Trinajstić information content (AvgIpc) is 2.68. The number of hydrogen-bond acceptors (Lipinski definition) is 5. The van der Waals surface area contributed by atoms with E-state index in [0.717, 1.165) is 13.1 Å². The molecule has 0 radical (unpaired) electrons. The maximum absolute atomic E-state index is 11.4. The van der Waals surface area contributed by atoms with Crippen molar-refractivity contribution in [1.29, 1.82) is 0 Å². The van der Waals surface area contributed by atoms with Gasteiger partial charge < -0.3 is 24.8 Å². The molecule has 1 heterocycles. The van der Waals surface area contributed by atoms with Gasteiger partial charge in [0, 0.05) is 13.7 Å². The minimum absolute atomic E-state index is 0.00390. The molecule has 0 bridgehead atoms. The quantitative estimate of drug-likeness (QED) is 0.628. The summed E-state index contributed by atoms with van der Waals surface area (Å²) in [6.45, 7) is 7.02. The summed E-state index contributed by atoms with van der Waals surface area (Å²) in [5, 5.41) is 12.8. The van der Waals surface area contributed by atoms with Crippen molar-refractivity contribution in [2.45, 2.75) is 32.1 Å². The number of carbonyl (C=O) groups is 1. The summed E-state index contributed by atoms with van der Waals surface area (Å²) < 4.78 is 10.3. The Labute approximate surface area is 108 Å². The van der Waals surface area contributed by atoms with E-state index in [9.17, 15) is 9.90 Å². The molecule has 6 nitrogen and oxygen atoms in total. The van der Waals surface area contributed by atoms with Crippen LogP contribution in [0, 0.1) is 0 Å². The maximum Gasteiger partial charge on any atom is 0.246 e. The standard InChI is InChI=1S/C12H24N2O4/c1-4-14(5-2)6-10-12(16)9(7-18-10)13-11(15)8-17-3/h9-10,12,16H,4-8H2,1-3H3,(H,13,15)/t9-,10-,12+/m0/s1. The number of rotatable bonds is 7. The third kappa shape index (κ3) is 4.20. The molecule has 2 N–H and O–H groups in total.